The molecule has 0 saturated carbocycles. The van der Waals surface area contributed by atoms with E-state index in [2.05, 4.69) is 4.99 Å². The van der Waals surface area contributed by atoms with E-state index in [0.717, 1.165) is 24.2 Å². The van der Waals surface area contributed by atoms with Crippen molar-refractivity contribution < 1.29 is 14.3 Å². The summed E-state index contributed by atoms with van der Waals surface area (Å²) in [5.74, 6) is -0.0528. The van der Waals surface area contributed by atoms with Gasteiger partial charge in [0.05, 0.1) is 0 Å². The summed E-state index contributed by atoms with van der Waals surface area (Å²) in [6, 6.07) is 17.1. The van der Waals surface area contributed by atoms with Crippen molar-refractivity contribution in [2.75, 3.05) is 11.4 Å². The molecule has 0 N–H and O–H groups in total. The molecule has 27 heavy (non-hydrogen) atoms. The summed E-state index contributed by atoms with van der Waals surface area (Å²) in [6.45, 7) is 0.745. The zero-order valence-electron chi connectivity index (χ0n) is 14.7. The number of nitrogens with zero attached hydrogens (tertiary/aromatic N) is 2. The number of carbonyl (C=O) groups is 2. The summed E-state index contributed by atoms with van der Waals surface area (Å²) >= 11 is 0. The Kier molecular flexibility index (Phi) is 4.66. The first-order valence-electron chi connectivity index (χ1n) is 8.86. The van der Waals surface area contributed by atoms with Crippen LogP contribution in [0.1, 0.15) is 24.0 Å². The van der Waals surface area contributed by atoms with Gasteiger partial charge in [0.25, 0.3) is 0 Å². The third-order valence-electron chi connectivity index (χ3n) is 4.46. The number of hydrogen-bond donors (Lipinski definition) is 0. The fourth-order valence-electron chi connectivity index (χ4n) is 3.07. The highest BCUT2D eigenvalue weighted by molar-refractivity contribution is 6.11. The minimum atomic E-state index is -0.471. The van der Waals surface area contributed by atoms with Gasteiger partial charge in [-0.15, -0.1) is 0 Å². The van der Waals surface area contributed by atoms with Gasteiger partial charge < -0.3 is 9.64 Å². The van der Waals surface area contributed by atoms with E-state index in [0.29, 0.717) is 12.0 Å². The lowest BCUT2D eigenvalue weighted by molar-refractivity contribution is -0.130. The molecule has 5 nitrogen and oxygen atoms in total. The summed E-state index contributed by atoms with van der Waals surface area (Å²) < 4.78 is 5.28. The Hall–Kier alpha value is -3.47. The third-order valence-corrected chi connectivity index (χ3v) is 4.46. The van der Waals surface area contributed by atoms with Gasteiger partial charge >= 0.3 is 5.97 Å². The van der Waals surface area contributed by atoms with Gasteiger partial charge in [-0.2, -0.15) is 0 Å². The molecule has 0 unspecified atom stereocenters. The Labute approximate surface area is 157 Å². The van der Waals surface area contributed by atoms with Crippen LogP contribution >= 0.6 is 0 Å². The lowest BCUT2D eigenvalue weighted by Gasteiger charge is -2.15. The van der Waals surface area contributed by atoms with Crippen LogP contribution in [0.15, 0.2) is 77.4 Å². The molecule has 1 amide bonds. The van der Waals surface area contributed by atoms with Crippen LogP contribution in [0.25, 0.3) is 6.08 Å². The van der Waals surface area contributed by atoms with E-state index in [9.17, 15) is 9.59 Å². The highest BCUT2D eigenvalue weighted by Gasteiger charge is 2.25. The molecule has 134 valence electrons. The van der Waals surface area contributed by atoms with Crippen LogP contribution in [-0.4, -0.2) is 24.3 Å². The Morgan fingerprint density at radius 3 is 2.48 bits per heavy atom. The first kappa shape index (κ1) is 17.0. The van der Waals surface area contributed by atoms with Crippen LogP contribution in [-0.2, 0) is 14.3 Å². The zero-order valence-corrected chi connectivity index (χ0v) is 14.7. The van der Waals surface area contributed by atoms with Crippen molar-refractivity contribution in [1.29, 1.82) is 0 Å². The molecule has 0 radical (unpaired) electrons. The molecule has 0 spiro atoms. The molecule has 2 aromatic rings. The second-order valence-electron chi connectivity index (χ2n) is 6.32. The SMILES string of the molecule is O=C1OC(c2ccc(N3CCCC3=O)cc2)=N/C1=C\C=C\c1ccccc1. The van der Waals surface area contributed by atoms with Crippen molar-refractivity contribution in [2.24, 2.45) is 4.99 Å². The van der Waals surface area contributed by atoms with Crippen molar-refractivity contribution in [3.05, 3.63) is 83.6 Å². The Morgan fingerprint density at radius 2 is 1.78 bits per heavy atom. The topological polar surface area (TPSA) is 59.0 Å². The highest BCUT2D eigenvalue weighted by atomic mass is 16.6. The largest absolute Gasteiger partial charge is 0.402 e. The molecule has 0 aliphatic carbocycles. The average Bonchev–Trinajstić information content (AvgIpc) is 3.29. The van der Waals surface area contributed by atoms with Crippen LogP contribution in [0.3, 0.4) is 0 Å². The first-order chi connectivity index (χ1) is 13.2. The second kappa shape index (κ2) is 7.41. The molecular formula is C22H18N2O3. The number of allylic oxidation sites excluding steroid dienone is 2. The summed E-state index contributed by atoms with van der Waals surface area (Å²) in [5, 5.41) is 0. The van der Waals surface area contributed by atoms with E-state index in [1.165, 1.54) is 0 Å². The third kappa shape index (κ3) is 3.72. The van der Waals surface area contributed by atoms with Crippen molar-refractivity contribution in [3.63, 3.8) is 0 Å². The van der Waals surface area contributed by atoms with E-state index in [1.54, 1.807) is 17.1 Å². The Balaban J connectivity index is 1.50. The number of benzene rings is 2. The Bertz CT molecular complexity index is 957. The fraction of sp³-hybridized carbons (Fsp3) is 0.136. The molecule has 0 atom stereocenters. The molecule has 1 saturated heterocycles. The molecule has 4 rings (SSSR count). The van der Waals surface area contributed by atoms with Crippen LogP contribution < -0.4 is 4.90 Å². The number of hydrogen-bond acceptors (Lipinski definition) is 4. The van der Waals surface area contributed by atoms with Crippen molar-refractivity contribution in [1.82, 2.24) is 0 Å². The molecule has 2 aromatic carbocycles. The Morgan fingerprint density at radius 1 is 1.00 bits per heavy atom. The minimum Gasteiger partial charge on any atom is -0.402 e. The molecule has 5 heteroatoms. The normalized spacial score (nSPS) is 18.4. The number of esters is 1. The van der Waals surface area contributed by atoms with Gasteiger partial charge in [-0.1, -0.05) is 42.5 Å². The predicted molar refractivity (Wildman–Crippen MR) is 104 cm³/mol. The van der Waals surface area contributed by atoms with Crippen molar-refractivity contribution in [2.45, 2.75) is 12.8 Å². The summed E-state index contributed by atoms with van der Waals surface area (Å²) in [5.41, 5.74) is 2.86. The molecular weight excluding hydrogens is 340 g/mol. The number of anilines is 1. The second-order valence-corrected chi connectivity index (χ2v) is 6.32. The highest BCUT2D eigenvalue weighted by Crippen LogP contribution is 2.23. The molecule has 2 aliphatic rings. The molecule has 2 heterocycles. The number of amides is 1. The van der Waals surface area contributed by atoms with Gasteiger partial charge in [-0.3, -0.25) is 4.79 Å². The van der Waals surface area contributed by atoms with Crippen LogP contribution in [0.2, 0.25) is 0 Å². The van der Waals surface area contributed by atoms with E-state index in [4.69, 9.17) is 4.74 Å². The summed E-state index contributed by atoms with van der Waals surface area (Å²) in [7, 11) is 0. The number of ether oxygens (including phenoxy) is 1. The van der Waals surface area contributed by atoms with E-state index in [-0.39, 0.29) is 17.5 Å². The molecule has 1 fully saturated rings. The quantitative estimate of drug-likeness (QED) is 0.618. The first-order valence-corrected chi connectivity index (χ1v) is 8.86. The van der Waals surface area contributed by atoms with Crippen molar-refractivity contribution in [3.8, 4) is 0 Å². The van der Waals surface area contributed by atoms with Gasteiger partial charge in [-0.05, 0) is 42.3 Å². The van der Waals surface area contributed by atoms with Crippen LogP contribution in [0.4, 0.5) is 5.69 Å². The van der Waals surface area contributed by atoms with Crippen LogP contribution in [0.5, 0.6) is 0 Å². The molecule has 0 bridgehead atoms. The lowest BCUT2D eigenvalue weighted by Crippen LogP contribution is -2.23. The van der Waals surface area contributed by atoms with E-state index < -0.39 is 5.97 Å². The minimum absolute atomic E-state index is 0.141. The maximum Gasteiger partial charge on any atom is 0.363 e. The van der Waals surface area contributed by atoms with Gasteiger partial charge in [0.2, 0.25) is 11.8 Å². The van der Waals surface area contributed by atoms with Gasteiger partial charge in [0.15, 0.2) is 5.70 Å². The predicted octanol–water partition coefficient (Wildman–Crippen LogP) is 3.71. The summed E-state index contributed by atoms with van der Waals surface area (Å²) in [6.07, 6.45) is 6.79. The maximum atomic E-state index is 12.0. The van der Waals surface area contributed by atoms with Gasteiger partial charge in [-0.25, -0.2) is 9.79 Å². The maximum absolute atomic E-state index is 12.0. The van der Waals surface area contributed by atoms with Crippen molar-refractivity contribution >= 4 is 29.5 Å². The monoisotopic (exact) mass is 358 g/mol. The fourth-order valence-corrected chi connectivity index (χ4v) is 3.07. The average molecular weight is 358 g/mol. The number of cyclic esters (lactones) is 1. The standard InChI is InChI=1S/C22H18N2O3/c25-20-10-5-15-24(20)18-13-11-17(12-14-18)21-23-19(22(26)27-21)9-4-8-16-6-2-1-3-7-16/h1-4,6-9,11-14H,5,10,15H2/b8-4+,19-9-. The smallest absolute Gasteiger partial charge is 0.363 e. The number of aliphatic imine (C=N–C) groups is 1. The van der Waals surface area contributed by atoms with Crippen LogP contribution in [0, 0.1) is 0 Å². The van der Waals surface area contributed by atoms with Gasteiger partial charge in [0, 0.05) is 24.2 Å². The molecule has 2 aliphatic heterocycles. The van der Waals surface area contributed by atoms with E-state index in [1.807, 2.05) is 60.7 Å². The number of rotatable bonds is 4. The van der Waals surface area contributed by atoms with E-state index >= 15 is 0 Å². The summed E-state index contributed by atoms with van der Waals surface area (Å²) in [4.78, 5) is 29.9. The lowest BCUT2D eigenvalue weighted by atomic mass is 10.2. The zero-order chi connectivity index (χ0) is 18.6. The molecule has 0 aromatic heterocycles. The number of carbonyl (C=O) groups excluding carboxylic acids is 2. The van der Waals surface area contributed by atoms with Gasteiger partial charge in [0.1, 0.15) is 0 Å².